The van der Waals surface area contributed by atoms with Crippen LogP contribution in [-0.2, 0) is 19.6 Å². The van der Waals surface area contributed by atoms with Crippen molar-refractivity contribution in [2.75, 3.05) is 26.2 Å². The Kier molecular flexibility index (Phi) is 4.54. The maximum atomic E-state index is 12.6. The molecule has 1 aromatic carbocycles. The van der Waals surface area contributed by atoms with E-state index in [1.54, 1.807) is 17.0 Å². The molecular weight excluding hydrogens is 356 g/mol. The fraction of sp³-hybridized carbons (Fsp3) is 0.467. The molecule has 1 aromatic rings. The van der Waals surface area contributed by atoms with Gasteiger partial charge >= 0.3 is 5.97 Å². The van der Waals surface area contributed by atoms with Gasteiger partial charge in [-0.3, -0.25) is 9.59 Å². The summed E-state index contributed by atoms with van der Waals surface area (Å²) in [5, 5.41) is 9.07. The SMILES string of the molecule is O=C(O)C1CC1C(=O)N1CCN(S(=O)(=O)c2ccccc2Cl)CC1. The summed E-state index contributed by atoms with van der Waals surface area (Å²) < 4.78 is 26.6. The van der Waals surface area contributed by atoms with E-state index < -0.39 is 27.8 Å². The van der Waals surface area contributed by atoms with Crippen molar-refractivity contribution in [3.63, 3.8) is 0 Å². The van der Waals surface area contributed by atoms with E-state index in [4.69, 9.17) is 16.7 Å². The largest absolute Gasteiger partial charge is 0.481 e. The van der Waals surface area contributed by atoms with Crippen LogP contribution in [0, 0.1) is 11.8 Å². The molecule has 0 bridgehead atoms. The molecule has 1 N–H and O–H groups in total. The van der Waals surface area contributed by atoms with Gasteiger partial charge < -0.3 is 10.0 Å². The number of nitrogens with zero attached hydrogens (tertiary/aromatic N) is 2. The van der Waals surface area contributed by atoms with Gasteiger partial charge in [0.15, 0.2) is 0 Å². The predicted molar refractivity (Wildman–Crippen MR) is 86.0 cm³/mol. The highest BCUT2D eigenvalue weighted by atomic mass is 35.5. The lowest BCUT2D eigenvalue weighted by Gasteiger charge is -2.34. The molecule has 2 atom stereocenters. The lowest BCUT2D eigenvalue weighted by molar-refractivity contribution is -0.142. The minimum atomic E-state index is -3.70. The summed E-state index contributed by atoms with van der Waals surface area (Å²) in [6.07, 6.45) is 0.367. The zero-order valence-electron chi connectivity index (χ0n) is 12.8. The first-order chi connectivity index (χ1) is 11.3. The number of rotatable bonds is 4. The Morgan fingerprint density at radius 3 is 2.25 bits per heavy atom. The van der Waals surface area contributed by atoms with Gasteiger partial charge in [-0.2, -0.15) is 4.31 Å². The van der Waals surface area contributed by atoms with Gasteiger partial charge in [0, 0.05) is 26.2 Å². The third-order valence-corrected chi connectivity index (χ3v) is 6.83. The molecule has 2 unspecified atom stereocenters. The maximum Gasteiger partial charge on any atom is 0.307 e. The van der Waals surface area contributed by atoms with Gasteiger partial charge in [0.05, 0.1) is 16.9 Å². The van der Waals surface area contributed by atoms with Crippen LogP contribution in [0.2, 0.25) is 5.02 Å². The number of carboxylic acid groups (broad SMARTS) is 1. The summed E-state index contributed by atoms with van der Waals surface area (Å²) in [5.74, 6) is -2.21. The highest BCUT2D eigenvalue weighted by Crippen LogP contribution is 2.40. The van der Waals surface area contributed by atoms with E-state index in [1.807, 2.05) is 0 Å². The molecule has 0 spiro atoms. The fourth-order valence-corrected chi connectivity index (χ4v) is 4.83. The van der Waals surface area contributed by atoms with Crippen LogP contribution in [0.15, 0.2) is 29.2 Å². The molecule has 24 heavy (non-hydrogen) atoms. The van der Waals surface area contributed by atoms with Crippen LogP contribution < -0.4 is 0 Å². The van der Waals surface area contributed by atoms with Crippen molar-refractivity contribution in [1.82, 2.24) is 9.21 Å². The molecule has 1 aliphatic heterocycles. The minimum absolute atomic E-state index is 0.0552. The van der Waals surface area contributed by atoms with E-state index in [2.05, 4.69) is 0 Å². The summed E-state index contributed by atoms with van der Waals surface area (Å²) in [6, 6.07) is 6.24. The molecule has 130 valence electrons. The number of halogens is 1. The zero-order chi connectivity index (χ0) is 17.5. The number of hydrogen-bond acceptors (Lipinski definition) is 4. The lowest BCUT2D eigenvalue weighted by atomic mass is 10.2. The van der Waals surface area contributed by atoms with Gasteiger partial charge in [-0.15, -0.1) is 0 Å². The Hall–Kier alpha value is -1.64. The summed E-state index contributed by atoms with van der Waals surface area (Å²) in [7, 11) is -3.70. The van der Waals surface area contributed by atoms with Gasteiger partial charge in [0.2, 0.25) is 15.9 Å². The second-order valence-electron chi connectivity index (χ2n) is 5.95. The number of carbonyl (C=O) groups is 2. The summed E-state index contributed by atoms with van der Waals surface area (Å²) >= 11 is 5.98. The van der Waals surface area contributed by atoms with Crippen molar-refractivity contribution in [2.24, 2.45) is 11.8 Å². The molecule has 1 saturated heterocycles. The van der Waals surface area contributed by atoms with E-state index >= 15 is 0 Å². The number of sulfonamides is 1. The highest BCUT2D eigenvalue weighted by Gasteiger charge is 2.50. The highest BCUT2D eigenvalue weighted by molar-refractivity contribution is 7.89. The third kappa shape index (κ3) is 3.13. The molecule has 3 rings (SSSR count). The standard InChI is InChI=1S/C15H17ClN2O5S/c16-12-3-1-2-4-13(12)24(22,23)18-7-5-17(6-8-18)14(19)10-9-11(10)15(20)21/h1-4,10-11H,5-9H2,(H,20,21). The first-order valence-corrected chi connectivity index (χ1v) is 9.40. The van der Waals surface area contributed by atoms with E-state index in [1.165, 1.54) is 16.4 Å². The summed E-state index contributed by atoms with van der Waals surface area (Å²) in [5.41, 5.74) is 0. The number of hydrogen-bond donors (Lipinski definition) is 1. The van der Waals surface area contributed by atoms with Gasteiger partial charge in [0.25, 0.3) is 0 Å². The van der Waals surface area contributed by atoms with E-state index in [-0.39, 0.29) is 42.0 Å². The third-order valence-electron chi connectivity index (χ3n) is 4.43. The number of piperazine rings is 1. The molecule has 1 amide bonds. The molecule has 7 nitrogen and oxygen atoms in total. The Balaban J connectivity index is 1.64. The number of carboxylic acids is 1. The van der Waals surface area contributed by atoms with Crippen molar-refractivity contribution >= 4 is 33.5 Å². The van der Waals surface area contributed by atoms with Gasteiger partial charge in [0.1, 0.15) is 4.90 Å². The molecule has 1 saturated carbocycles. The molecule has 0 aromatic heterocycles. The average molecular weight is 373 g/mol. The number of carbonyl (C=O) groups excluding carboxylic acids is 1. The first-order valence-electron chi connectivity index (χ1n) is 7.58. The van der Waals surface area contributed by atoms with E-state index in [0.717, 1.165) is 0 Å². The molecule has 9 heteroatoms. The first kappa shape index (κ1) is 17.2. The quantitative estimate of drug-likeness (QED) is 0.847. The van der Waals surface area contributed by atoms with Crippen LogP contribution in [0.25, 0.3) is 0 Å². The Labute approximate surface area is 144 Å². The van der Waals surface area contributed by atoms with Crippen molar-refractivity contribution in [3.8, 4) is 0 Å². The second-order valence-corrected chi connectivity index (χ2v) is 8.26. The topological polar surface area (TPSA) is 95.0 Å². The molecule has 2 fully saturated rings. The monoisotopic (exact) mass is 372 g/mol. The van der Waals surface area contributed by atoms with Crippen molar-refractivity contribution in [2.45, 2.75) is 11.3 Å². The maximum absolute atomic E-state index is 12.6. The van der Waals surface area contributed by atoms with Crippen LogP contribution in [-0.4, -0.2) is 60.8 Å². The second kappa shape index (κ2) is 6.34. The molecule has 1 heterocycles. The van der Waals surface area contributed by atoms with Crippen LogP contribution in [0.3, 0.4) is 0 Å². The Morgan fingerprint density at radius 2 is 1.71 bits per heavy atom. The van der Waals surface area contributed by atoms with Gasteiger partial charge in [-0.25, -0.2) is 8.42 Å². The van der Waals surface area contributed by atoms with Gasteiger partial charge in [-0.1, -0.05) is 23.7 Å². The molecule has 1 aliphatic carbocycles. The van der Waals surface area contributed by atoms with Crippen molar-refractivity contribution in [1.29, 1.82) is 0 Å². The smallest absolute Gasteiger partial charge is 0.307 e. The Morgan fingerprint density at radius 1 is 1.08 bits per heavy atom. The number of benzene rings is 1. The normalized spacial score (nSPS) is 24.6. The lowest BCUT2D eigenvalue weighted by Crippen LogP contribution is -2.51. The van der Waals surface area contributed by atoms with Gasteiger partial charge in [-0.05, 0) is 18.6 Å². The van der Waals surface area contributed by atoms with E-state index in [0.29, 0.717) is 6.42 Å². The number of aliphatic carboxylic acids is 1. The fourth-order valence-electron chi connectivity index (χ4n) is 2.92. The number of amides is 1. The minimum Gasteiger partial charge on any atom is -0.481 e. The van der Waals surface area contributed by atoms with Crippen molar-refractivity contribution < 1.29 is 23.1 Å². The zero-order valence-corrected chi connectivity index (χ0v) is 14.3. The van der Waals surface area contributed by atoms with Crippen LogP contribution in [0.5, 0.6) is 0 Å². The molecular formula is C15H17ClN2O5S. The van der Waals surface area contributed by atoms with E-state index in [9.17, 15) is 18.0 Å². The summed E-state index contributed by atoms with van der Waals surface area (Å²) in [6.45, 7) is 0.851. The summed E-state index contributed by atoms with van der Waals surface area (Å²) in [4.78, 5) is 24.7. The van der Waals surface area contributed by atoms with Crippen LogP contribution >= 0.6 is 11.6 Å². The predicted octanol–water partition coefficient (Wildman–Crippen LogP) is 0.894. The Bertz CT molecular complexity index is 774. The van der Waals surface area contributed by atoms with Crippen LogP contribution in [0.1, 0.15) is 6.42 Å². The average Bonchev–Trinajstić information content (AvgIpc) is 3.35. The molecule has 0 radical (unpaired) electrons. The van der Waals surface area contributed by atoms with Crippen LogP contribution in [0.4, 0.5) is 0 Å². The van der Waals surface area contributed by atoms with Crippen molar-refractivity contribution in [3.05, 3.63) is 29.3 Å². The molecule has 2 aliphatic rings.